The van der Waals surface area contributed by atoms with E-state index in [9.17, 15) is 4.79 Å². The van der Waals surface area contributed by atoms with E-state index >= 15 is 0 Å². The predicted octanol–water partition coefficient (Wildman–Crippen LogP) is 6.80. The van der Waals surface area contributed by atoms with E-state index in [0.29, 0.717) is 29.7 Å². The number of piperidine rings is 2. The minimum absolute atomic E-state index is 0.312. The van der Waals surface area contributed by atoms with Gasteiger partial charge in [-0.15, -0.1) is 0 Å². The number of H-pyrrole nitrogens is 1. The molecule has 0 bridgehead atoms. The van der Waals surface area contributed by atoms with E-state index in [-0.39, 0.29) is 0 Å². The van der Waals surface area contributed by atoms with Gasteiger partial charge in [-0.1, -0.05) is 33.8 Å². The molecular formula is C32H44N4O. The molecule has 0 unspecified atom stereocenters. The number of benzene rings is 1. The number of rotatable bonds is 5. The Hall–Kier alpha value is -2.66. The van der Waals surface area contributed by atoms with Gasteiger partial charge in [0.2, 0.25) is 5.91 Å². The van der Waals surface area contributed by atoms with E-state index in [4.69, 9.17) is 0 Å². The van der Waals surface area contributed by atoms with Gasteiger partial charge >= 0.3 is 0 Å². The second kappa shape index (κ2) is 10.2. The van der Waals surface area contributed by atoms with E-state index in [1.54, 1.807) is 0 Å². The number of amides is 1. The van der Waals surface area contributed by atoms with Crippen LogP contribution in [0.15, 0.2) is 30.3 Å². The number of aryl methyl sites for hydroxylation is 2. The van der Waals surface area contributed by atoms with Crippen molar-refractivity contribution in [2.24, 2.45) is 5.41 Å². The highest BCUT2D eigenvalue weighted by molar-refractivity contribution is 5.92. The van der Waals surface area contributed by atoms with Gasteiger partial charge in [-0.25, -0.2) is 0 Å². The van der Waals surface area contributed by atoms with Crippen LogP contribution in [0.3, 0.4) is 0 Å². The lowest BCUT2D eigenvalue weighted by Crippen LogP contribution is -2.48. The molecule has 2 saturated heterocycles. The molecule has 3 aromatic rings. The molecule has 37 heavy (non-hydrogen) atoms. The van der Waals surface area contributed by atoms with Crippen molar-refractivity contribution in [3.05, 3.63) is 52.8 Å². The first-order valence-electron chi connectivity index (χ1n) is 14.2. The van der Waals surface area contributed by atoms with E-state index in [1.165, 1.54) is 46.1 Å². The first kappa shape index (κ1) is 26.0. The topological polar surface area (TPSA) is 52.2 Å². The van der Waals surface area contributed by atoms with Crippen molar-refractivity contribution in [3.8, 4) is 11.3 Å². The summed E-state index contributed by atoms with van der Waals surface area (Å²) in [6.07, 6.45) is 4.54. The maximum atomic E-state index is 13.1. The fourth-order valence-corrected chi connectivity index (χ4v) is 6.72. The van der Waals surface area contributed by atoms with Crippen molar-refractivity contribution in [2.75, 3.05) is 32.7 Å². The zero-order chi connectivity index (χ0) is 26.3. The molecule has 1 aromatic carbocycles. The van der Waals surface area contributed by atoms with Crippen LogP contribution < -0.4 is 0 Å². The maximum absolute atomic E-state index is 13.1. The van der Waals surface area contributed by atoms with Crippen molar-refractivity contribution in [1.82, 2.24) is 19.8 Å². The Morgan fingerprint density at radius 2 is 1.78 bits per heavy atom. The number of likely N-dealkylation sites (tertiary alicyclic amines) is 2. The second-order valence-electron chi connectivity index (χ2n) is 12.6. The molecule has 2 aromatic heterocycles. The molecule has 5 heteroatoms. The fraction of sp³-hybridized carbons (Fsp3) is 0.562. The number of hydrogen-bond acceptors (Lipinski definition) is 3. The van der Waals surface area contributed by atoms with Crippen LogP contribution in [0.25, 0.3) is 22.2 Å². The SMILES string of the molecule is Cc1cc(-c2[nH]c3ccc(C4CCN(C(=O)CN5CCCC(C)(C)C5)CC4)cc3c2C(C)C)cc(C)n1. The Bertz CT molecular complexity index is 1260. The third-order valence-corrected chi connectivity index (χ3v) is 8.47. The number of fused-ring (bicyclic) bond motifs is 1. The van der Waals surface area contributed by atoms with Gasteiger partial charge in [0, 0.05) is 47.5 Å². The van der Waals surface area contributed by atoms with Gasteiger partial charge in [-0.05, 0) is 98.7 Å². The number of nitrogens with zero attached hydrogens (tertiary/aromatic N) is 3. The van der Waals surface area contributed by atoms with Crippen LogP contribution >= 0.6 is 0 Å². The minimum atomic E-state index is 0.312. The number of pyridine rings is 1. The van der Waals surface area contributed by atoms with Gasteiger partial charge in [0.1, 0.15) is 0 Å². The number of hydrogen-bond donors (Lipinski definition) is 1. The molecule has 5 nitrogen and oxygen atoms in total. The summed E-state index contributed by atoms with van der Waals surface area (Å²) in [5.41, 5.74) is 8.86. The summed E-state index contributed by atoms with van der Waals surface area (Å²) in [5.74, 6) is 1.23. The van der Waals surface area contributed by atoms with Crippen molar-refractivity contribution in [1.29, 1.82) is 0 Å². The predicted molar refractivity (Wildman–Crippen MR) is 153 cm³/mol. The van der Waals surface area contributed by atoms with Crippen molar-refractivity contribution >= 4 is 16.8 Å². The highest BCUT2D eigenvalue weighted by Crippen LogP contribution is 2.38. The van der Waals surface area contributed by atoms with Crippen molar-refractivity contribution in [2.45, 2.75) is 79.1 Å². The summed E-state index contributed by atoms with van der Waals surface area (Å²) in [6, 6.07) is 11.3. The Kier molecular flexibility index (Phi) is 7.19. The largest absolute Gasteiger partial charge is 0.354 e. The molecule has 4 heterocycles. The third-order valence-electron chi connectivity index (χ3n) is 8.47. The molecule has 0 spiro atoms. The van der Waals surface area contributed by atoms with Gasteiger partial charge in [-0.3, -0.25) is 14.7 Å². The molecule has 5 rings (SSSR count). The van der Waals surface area contributed by atoms with Gasteiger partial charge in [0.15, 0.2) is 0 Å². The molecule has 0 radical (unpaired) electrons. The Balaban J connectivity index is 1.31. The van der Waals surface area contributed by atoms with Gasteiger partial charge in [0.05, 0.1) is 12.2 Å². The van der Waals surface area contributed by atoms with Crippen LogP contribution in [0.4, 0.5) is 0 Å². The van der Waals surface area contributed by atoms with Crippen LogP contribution in [-0.4, -0.2) is 58.4 Å². The third kappa shape index (κ3) is 5.62. The molecular weight excluding hydrogens is 456 g/mol. The van der Waals surface area contributed by atoms with Crippen molar-refractivity contribution in [3.63, 3.8) is 0 Å². The van der Waals surface area contributed by atoms with E-state index in [0.717, 1.165) is 50.4 Å². The summed E-state index contributed by atoms with van der Waals surface area (Å²) in [6.45, 7) is 17.7. The summed E-state index contributed by atoms with van der Waals surface area (Å²) < 4.78 is 0. The van der Waals surface area contributed by atoms with E-state index < -0.39 is 0 Å². The molecule has 1 N–H and O–H groups in total. The Morgan fingerprint density at radius 3 is 2.43 bits per heavy atom. The Morgan fingerprint density at radius 1 is 1.08 bits per heavy atom. The summed E-state index contributed by atoms with van der Waals surface area (Å²) >= 11 is 0. The normalized spacial score (nSPS) is 19.2. The zero-order valence-corrected chi connectivity index (χ0v) is 23.7. The van der Waals surface area contributed by atoms with Crippen LogP contribution in [-0.2, 0) is 4.79 Å². The lowest BCUT2D eigenvalue weighted by atomic mass is 9.84. The minimum Gasteiger partial charge on any atom is -0.354 e. The van der Waals surface area contributed by atoms with Crippen LogP contribution in [0.1, 0.15) is 87.7 Å². The van der Waals surface area contributed by atoms with Crippen LogP contribution in [0.5, 0.6) is 0 Å². The first-order chi connectivity index (χ1) is 17.6. The number of aromatic nitrogens is 2. The highest BCUT2D eigenvalue weighted by atomic mass is 16.2. The van der Waals surface area contributed by atoms with E-state index in [1.807, 2.05) is 0 Å². The molecule has 0 atom stereocenters. The average Bonchev–Trinajstić information content (AvgIpc) is 3.22. The standard InChI is InChI=1S/C32H44N4O/c1-21(2)30-27-18-25(8-9-28(27)34-31(30)26-16-22(3)33-23(4)17-26)24-10-14-36(15-11-24)29(37)19-35-13-7-12-32(5,6)20-35/h8-9,16-18,21,24,34H,7,10-15,19-20H2,1-6H3. The maximum Gasteiger partial charge on any atom is 0.236 e. The summed E-state index contributed by atoms with van der Waals surface area (Å²) in [7, 11) is 0. The van der Waals surface area contributed by atoms with Crippen LogP contribution in [0, 0.1) is 19.3 Å². The molecule has 1 amide bonds. The first-order valence-corrected chi connectivity index (χ1v) is 14.2. The smallest absolute Gasteiger partial charge is 0.236 e. The average molecular weight is 501 g/mol. The summed E-state index contributed by atoms with van der Waals surface area (Å²) in [5, 5.41) is 1.33. The summed E-state index contributed by atoms with van der Waals surface area (Å²) in [4.78, 5) is 25.9. The highest BCUT2D eigenvalue weighted by Gasteiger charge is 2.30. The molecule has 2 aliphatic heterocycles. The van der Waals surface area contributed by atoms with Gasteiger partial charge < -0.3 is 9.88 Å². The number of nitrogens with one attached hydrogen (secondary N) is 1. The lowest BCUT2D eigenvalue weighted by Gasteiger charge is -2.39. The molecule has 2 fully saturated rings. The quantitative estimate of drug-likeness (QED) is 0.419. The fourth-order valence-electron chi connectivity index (χ4n) is 6.72. The molecule has 198 valence electrons. The molecule has 2 aliphatic rings. The number of aromatic amines is 1. The Labute approximate surface area is 222 Å². The van der Waals surface area contributed by atoms with Crippen molar-refractivity contribution < 1.29 is 4.79 Å². The molecule has 0 saturated carbocycles. The van der Waals surface area contributed by atoms with Crippen LogP contribution in [0.2, 0.25) is 0 Å². The van der Waals surface area contributed by atoms with E-state index in [2.05, 4.69) is 91.6 Å². The molecule has 0 aliphatic carbocycles. The lowest BCUT2D eigenvalue weighted by molar-refractivity contribution is -0.134. The number of carbonyl (C=O) groups excluding carboxylic acids is 1. The zero-order valence-electron chi connectivity index (χ0n) is 23.7. The monoisotopic (exact) mass is 500 g/mol. The second-order valence-corrected chi connectivity index (χ2v) is 12.6. The van der Waals surface area contributed by atoms with Gasteiger partial charge in [0.25, 0.3) is 0 Å². The number of carbonyl (C=O) groups is 1. The van der Waals surface area contributed by atoms with Gasteiger partial charge in [-0.2, -0.15) is 0 Å².